The number of sulfonamides is 1. The Hall–Kier alpha value is -2.58. The predicted molar refractivity (Wildman–Crippen MR) is 92.9 cm³/mol. The molecule has 6 nitrogen and oxygen atoms in total. The zero-order chi connectivity index (χ0) is 19.3. The first-order valence-corrected chi connectivity index (χ1v) is 9.25. The van der Waals surface area contributed by atoms with Crippen LogP contribution in [0.3, 0.4) is 0 Å². The van der Waals surface area contributed by atoms with Crippen LogP contribution in [-0.4, -0.2) is 32.8 Å². The highest BCUT2D eigenvalue weighted by molar-refractivity contribution is 7.89. The highest BCUT2D eigenvalue weighted by Crippen LogP contribution is 2.13. The van der Waals surface area contributed by atoms with Crippen LogP contribution in [0.4, 0.5) is 4.39 Å². The summed E-state index contributed by atoms with van der Waals surface area (Å²) in [5, 5.41) is 0. The van der Waals surface area contributed by atoms with Gasteiger partial charge in [-0.15, -0.1) is 0 Å². The summed E-state index contributed by atoms with van der Waals surface area (Å²) < 4.78 is 44.7. The van der Waals surface area contributed by atoms with Gasteiger partial charge in [-0.25, -0.2) is 22.3 Å². The van der Waals surface area contributed by atoms with Gasteiger partial charge in [-0.05, 0) is 44.2 Å². The zero-order valence-corrected chi connectivity index (χ0v) is 15.0. The molecule has 0 aliphatic rings. The van der Waals surface area contributed by atoms with E-state index in [4.69, 9.17) is 4.74 Å². The number of carbonyl (C=O) groups is 2. The predicted octanol–water partition coefficient (Wildman–Crippen LogP) is 2.55. The second kappa shape index (κ2) is 8.20. The van der Waals surface area contributed by atoms with Gasteiger partial charge in [-0.2, -0.15) is 0 Å². The summed E-state index contributed by atoms with van der Waals surface area (Å²) in [4.78, 5) is 23.9. The largest absolute Gasteiger partial charge is 0.454 e. The van der Waals surface area contributed by atoms with Crippen molar-refractivity contribution in [3.8, 4) is 0 Å². The van der Waals surface area contributed by atoms with Crippen LogP contribution in [0.1, 0.15) is 34.6 Å². The van der Waals surface area contributed by atoms with E-state index in [9.17, 15) is 22.4 Å². The molecule has 2 aromatic carbocycles. The molecule has 0 saturated carbocycles. The molecule has 0 atom stereocenters. The third-order valence-corrected chi connectivity index (χ3v) is 4.91. The number of ether oxygens (including phenoxy) is 1. The van der Waals surface area contributed by atoms with E-state index in [1.165, 1.54) is 42.5 Å². The summed E-state index contributed by atoms with van der Waals surface area (Å²) in [5.41, 5.74) is 0.0685. The molecule has 0 radical (unpaired) electrons. The first-order valence-electron chi connectivity index (χ1n) is 7.77. The fraction of sp³-hybridized carbons (Fsp3) is 0.222. The topological polar surface area (TPSA) is 89.5 Å². The van der Waals surface area contributed by atoms with Gasteiger partial charge in [-0.1, -0.05) is 18.2 Å². The molecule has 0 aromatic heterocycles. The molecule has 0 fully saturated rings. The van der Waals surface area contributed by atoms with Crippen molar-refractivity contribution in [2.24, 2.45) is 0 Å². The molecule has 0 aliphatic heterocycles. The molecule has 0 saturated heterocycles. The summed E-state index contributed by atoms with van der Waals surface area (Å²) in [6, 6.07) is 10.0. The summed E-state index contributed by atoms with van der Waals surface area (Å²) >= 11 is 0. The van der Waals surface area contributed by atoms with E-state index in [2.05, 4.69) is 4.72 Å². The number of halogens is 1. The maximum atomic E-state index is 13.1. The lowest BCUT2D eigenvalue weighted by molar-refractivity contribution is 0.0474. The van der Waals surface area contributed by atoms with Crippen molar-refractivity contribution in [3.63, 3.8) is 0 Å². The average Bonchev–Trinajstić information content (AvgIpc) is 2.58. The maximum Gasteiger partial charge on any atom is 0.338 e. The fourth-order valence-electron chi connectivity index (χ4n) is 2.13. The minimum Gasteiger partial charge on any atom is -0.454 e. The van der Waals surface area contributed by atoms with Crippen LogP contribution in [0.2, 0.25) is 0 Å². The minimum atomic E-state index is -3.76. The number of carbonyl (C=O) groups excluding carboxylic acids is 2. The van der Waals surface area contributed by atoms with Gasteiger partial charge in [0.15, 0.2) is 12.4 Å². The number of esters is 1. The summed E-state index contributed by atoms with van der Waals surface area (Å²) in [5.74, 6) is -1.99. The molecule has 138 valence electrons. The van der Waals surface area contributed by atoms with Gasteiger partial charge in [-0.3, -0.25) is 4.79 Å². The number of ketones is 1. The maximum absolute atomic E-state index is 13.1. The number of benzene rings is 2. The Labute approximate surface area is 151 Å². The highest BCUT2D eigenvalue weighted by Gasteiger charge is 2.18. The van der Waals surface area contributed by atoms with E-state index >= 15 is 0 Å². The first-order chi connectivity index (χ1) is 12.2. The Kier molecular flexibility index (Phi) is 6.23. The van der Waals surface area contributed by atoms with E-state index in [-0.39, 0.29) is 22.1 Å². The second-order valence-electron chi connectivity index (χ2n) is 5.81. The second-order valence-corrected chi connectivity index (χ2v) is 7.53. The normalized spacial score (nSPS) is 11.4. The van der Waals surface area contributed by atoms with Crippen molar-refractivity contribution in [2.45, 2.75) is 24.8 Å². The van der Waals surface area contributed by atoms with Crippen molar-refractivity contribution in [1.82, 2.24) is 4.72 Å². The van der Waals surface area contributed by atoms with Gasteiger partial charge in [0.05, 0.1) is 10.5 Å². The van der Waals surface area contributed by atoms with Crippen LogP contribution in [0.25, 0.3) is 0 Å². The molecule has 8 heteroatoms. The summed E-state index contributed by atoms with van der Waals surface area (Å²) in [6.07, 6.45) is 0. The van der Waals surface area contributed by atoms with Crippen LogP contribution in [0, 0.1) is 5.82 Å². The molecule has 2 rings (SSSR count). The molecule has 2 aromatic rings. The minimum absolute atomic E-state index is 0.0105. The summed E-state index contributed by atoms with van der Waals surface area (Å²) in [7, 11) is -3.76. The van der Waals surface area contributed by atoms with Gasteiger partial charge in [0.25, 0.3) is 0 Å². The smallest absolute Gasteiger partial charge is 0.338 e. The molecular formula is C18H18FNO5S. The number of nitrogens with one attached hydrogen (secondary N) is 1. The van der Waals surface area contributed by atoms with E-state index in [0.717, 1.165) is 6.07 Å². The molecule has 0 amide bonds. The van der Waals surface area contributed by atoms with Crippen LogP contribution in [-0.2, 0) is 14.8 Å². The third-order valence-electron chi connectivity index (χ3n) is 3.25. The van der Waals surface area contributed by atoms with E-state index in [1.54, 1.807) is 13.8 Å². The van der Waals surface area contributed by atoms with Crippen molar-refractivity contribution in [3.05, 3.63) is 65.5 Å². The van der Waals surface area contributed by atoms with Crippen molar-refractivity contribution in [1.29, 1.82) is 0 Å². The van der Waals surface area contributed by atoms with Crippen LogP contribution < -0.4 is 4.72 Å². The number of Topliss-reactive ketones (excluding diaryl/α,β-unsaturated/α-hetero) is 1. The van der Waals surface area contributed by atoms with Crippen molar-refractivity contribution in [2.75, 3.05) is 6.61 Å². The molecule has 0 heterocycles. The lowest BCUT2D eigenvalue weighted by Crippen LogP contribution is -2.30. The Bertz CT molecular complexity index is 925. The third kappa shape index (κ3) is 5.21. The lowest BCUT2D eigenvalue weighted by Gasteiger charge is -2.10. The Morgan fingerprint density at radius 3 is 2.38 bits per heavy atom. The van der Waals surface area contributed by atoms with Gasteiger partial charge < -0.3 is 4.74 Å². The molecule has 26 heavy (non-hydrogen) atoms. The van der Waals surface area contributed by atoms with E-state index < -0.39 is 34.2 Å². The van der Waals surface area contributed by atoms with Crippen LogP contribution in [0.15, 0.2) is 53.4 Å². The van der Waals surface area contributed by atoms with Gasteiger partial charge in [0.1, 0.15) is 5.82 Å². The van der Waals surface area contributed by atoms with Crippen molar-refractivity contribution < 1.29 is 27.1 Å². The average molecular weight is 379 g/mol. The van der Waals surface area contributed by atoms with Crippen molar-refractivity contribution >= 4 is 21.8 Å². The van der Waals surface area contributed by atoms with Gasteiger partial charge in [0, 0.05) is 11.6 Å². The molecule has 0 bridgehead atoms. The SMILES string of the molecule is CC(C)NS(=O)(=O)c1cccc(C(=O)OCC(=O)c2cccc(F)c2)c1. The van der Waals surface area contributed by atoms with Crippen LogP contribution in [0.5, 0.6) is 0 Å². The van der Waals surface area contributed by atoms with E-state index in [1.807, 2.05) is 0 Å². The quantitative estimate of drug-likeness (QED) is 0.590. The Morgan fingerprint density at radius 1 is 1.08 bits per heavy atom. The van der Waals surface area contributed by atoms with Crippen LogP contribution >= 0.6 is 0 Å². The Morgan fingerprint density at radius 2 is 1.73 bits per heavy atom. The Balaban J connectivity index is 2.08. The lowest BCUT2D eigenvalue weighted by atomic mass is 10.1. The molecular weight excluding hydrogens is 361 g/mol. The molecule has 1 N–H and O–H groups in total. The van der Waals surface area contributed by atoms with Gasteiger partial charge in [0.2, 0.25) is 10.0 Å². The van der Waals surface area contributed by atoms with E-state index in [0.29, 0.717) is 0 Å². The highest BCUT2D eigenvalue weighted by atomic mass is 32.2. The van der Waals surface area contributed by atoms with Gasteiger partial charge >= 0.3 is 5.97 Å². The number of hydrogen-bond donors (Lipinski definition) is 1. The molecule has 0 unspecified atom stereocenters. The number of hydrogen-bond acceptors (Lipinski definition) is 5. The number of rotatable bonds is 7. The zero-order valence-electron chi connectivity index (χ0n) is 14.2. The standard InChI is InChI=1S/C18H18FNO5S/c1-12(2)20-26(23,24)16-8-4-6-14(10-16)18(22)25-11-17(21)13-5-3-7-15(19)9-13/h3-10,12,20H,11H2,1-2H3. The molecule has 0 spiro atoms. The fourth-order valence-corrected chi connectivity index (χ4v) is 3.42. The monoisotopic (exact) mass is 379 g/mol. The first kappa shape index (κ1) is 19.7. The molecule has 0 aliphatic carbocycles. The summed E-state index contributed by atoms with van der Waals surface area (Å²) in [6.45, 7) is 2.77.